The standard InChI is InChI=1S/C60H40N2O/c1-60(44-23-9-4-10-24-44)52-32-15-13-28-51(52)57-49(30-18-33-53(57)60)47-26-12-11-25-45(47)41-35-42(46-29-17-31-50-48-27-14-16-34-56(48)63-58(46)50)37-43(36-41)55-38-54(39-19-5-2-6-20-39)61-59(62-55)40-21-7-3-8-22-40/h2-38H,1H3. The third-order valence-corrected chi connectivity index (χ3v) is 13.0. The van der Waals surface area contributed by atoms with Crippen molar-refractivity contribution in [1.82, 2.24) is 9.97 Å². The Kier molecular flexibility index (Phi) is 8.62. The molecule has 1 unspecified atom stereocenters. The quantitative estimate of drug-likeness (QED) is 0.161. The van der Waals surface area contributed by atoms with Gasteiger partial charge in [0.15, 0.2) is 5.82 Å². The van der Waals surface area contributed by atoms with Gasteiger partial charge in [0.05, 0.1) is 11.4 Å². The molecule has 1 aliphatic rings. The Hall–Kier alpha value is -8.14. The fourth-order valence-electron chi connectivity index (χ4n) is 9.95. The number of furan rings is 1. The van der Waals surface area contributed by atoms with E-state index in [-0.39, 0.29) is 5.41 Å². The summed E-state index contributed by atoms with van der Waals surface area (Å²) in [6.45, 7) is 2.38. The maximum absolute atomic E-state index is 6.69. The van der Waals surface area contributed by atoms with Crippen LogP contribution in [-0.2, 0) is 5.41 Å². The highest BCUT2D eigenvalue weighted by molar-refractivity contribution is 6.10. The van der Waals surface area contributed by atoms with E-state index in [1.54, 1.807) is 0 Å². The Morgan fingerprint density at radius 1 is 0.365 bits per heavy atom. The summed E-state index contributed by atoms with van der Waals surface area (Å²) >= 11 is 0. The van der Waals surface area contributed by atoms with Crippen LogP contribution in [0.25, 0.3) is 100 Å². The van der Waals surface area contributed by atoms with Crippen molar-refractivity contribution in [3.8, 4) is 78.4 Å². The molecule has 0 radical (unpaired) electrons. The van der Waals surface area contributed by atoms with Crippen molar-refractivity contribution >= 4 is 21.9 Å². The van der Waals surface area contributed by atoms with Crippen LogP contribution in [-0.4, -0.2) is 9.97 Å². The van der Waals surface area contributed by atoms with Gasteiger partial charge in [-0.25, -0.2) is 9.97 Å². The minimum absolute atomic E-state index is 0.309. The molecular weight excluding hydrogens is 765 g/mol. The van der Waals surface area contributed by atoms with Crippen molar-refractivity contribution in [2.45, 2.75) is 12.3 Å². The van der Waals surface area contributed by atoms with E-state index in [2.05, 4.69) is 195 Å². The van der Waals surface area contributed by atoms with Crippen LogP contribution in [0.1, 0.15) is 23.6 Å². The Morgan fingerprint density at radius 2 is 0.889 bits per heavy atom. The zero-order valence-electron chi connectivity index (χ0n) is 34.7. The van der Waals surface area contributed by atoms with Crippen molar-refractivity contribution in [3.63, 3.8) is 0 Å². The summed E-state index contributed by atoms with van der Waals surface area (Å²) < 4.78 is 6.69. The van der Waals surface area contributed by atoms with Crippen LogP contribution in [0.3, 0.4) is 0 Å². The number of rotatable bonds is 7. The van der Waals surface area contributed by atoms with E-state index in [0.717, 1.165) is 72.3 Å². The Balaban J connectivity index is 1.11. The summed E-state index contributed by atoms with van der Waals surface area (Å²) in [6, 6.07) is 80.1. The number of hydrogen-bond donors (Lipinski definition) is 0. The zero-order valence-corrected chi connectivity index (χ0v) is 34.7. The molecule has 0 N–H and O–H groups in total. The lowest BCUT2D eigenvalue weighted by atomic mass is 9.74. The van der Waals surface area contributed by atoms with Gasteiger partial charge in [-0.2, -0.15) is 0 Å². The molecule has 3 heteroatoms. The van der Waals surface area contributed by atoms with Gasteiger partial charge in [-0.15, -0.1) is 0 Å². The highest BCUT2D eigenvalue weighted by Gasteiger charge is 2.41. The van der Waals surface area contributed by atoms with Gasteiger partial charge in [0, 0.05) is 38.4 Å². The molecule has 3 nitrogen and oxygen atoms in total. The number of para-hydroxylation sites is 2. The fourth-order valence-corrected chi connectivity index (χ4v) is 9.95. The number of benzene rings is 9. The molecule has 0 fully saturated rings. The number of hydrogen-bond acceptors (Lipinski definition) is 3. The average Bonchev–Trinajstić information content (AvgIpc) is 3.88. The van der Waals surface area contributed by atoms with E-state index in [0.29, 0.717) is 5.82 Å². The van der Waals surface area contributed by atoms with Crippen molar-refractivity contribution in [3.05, 3.63) is 241 Å². The van der Waals surface area contributed by atoms with Crippen molar-refractivity contribution in [1.29, 1.82) is 0 Å². The second-order valence-electron chi connectivity index (χ2n) is 16.6. The molecule has 1 aliphatic carbocycles. The lowest BCUT2D eigenvalue weighted by Crippen LogP contribution is -2.22. The first-order valence-electron chi connectivity index (χ1n) is 21.6. The topological polar surface area (TPSA) is 38.9 Å². The molecule has 11 aromatic rings. The molecule has 9 aromatic carbocycles. The summed E-state index contributed by atoms with van der Waals surface area (Å²) in [4.78, 5) is 10.5. The maximum atomic E-state index is 6.69. The molecule has 0 bridgehead atoms. The van der Waals surface area contributed by atoms with Gasteiger partial charge in [-0.3, -0.25) is 0 Å². The van der Waals surface area contributed by atoms with Crippen LogP contribution in [0, 0.1) is 0 Å². The van der Waals surface area contributed by atoms with E-state index < -0.39 is 0 Å². The van der Waals surface area contributed by atoms with Crippen molar-refractivity contribution in [2.24, 2.45) is 0 Å². The van der Waals surface area contributed by atoms with Crippen molar-refractivity contribution < 1.29 is 4.42 Å². The third kappa shape index (κ3) is 6.04. The first-order valence-corrected chi connectivity index (χ1v) is 21.6. The molecule has 0 spiro atoms. The Bertz CT molecular complexity index is 3460. The fraction of sp³-hybridized carbons (Fsp3) is 0.0333. The molecule has 0 aliphatic heterocycles. The number of aromatic nitrogens is 2. The molecule has 12 rings (SSSR count). The van der Waals surface area contributed by atoms with Crippen LogP contribution >= 0.6 is 0 Å². The highest BCUT2D eigenvalue weighted by atomic mass is 16.3. The smallest absolute Gasteiger partial charge is 0.160 e. The second-order valence-corrected chi connectivity index (χ2v) is 16.6. The predicted octanol–water partition coefficient (Wildman–Crippen LogP) is 15.7. The van der Waals surface area contributed by atoms with Gasteiger partial charge in [-0.1, -0.05) is 194 Å². The van der Waals surface area contributed by atoms with Gasteiger partial charge < -0.3 is 4.42 Å². The van der Waals surface area contributed by atoms with Crippen LogP contribution in [0.4, 0.5) is 0 Å². The molecule has 0 saturated carbocycles. The zero-order chi connectivity index (χ0) is 41.9. The second kappa shape index (κ2) is 14.8. The van der Waals surface area contributed by atoms with E-state index in [1.807, 2.05) is 36.4 Å². The molecule has 296 valence electrons. The monoisotopic (exact) mass is 804 g/mol. The van der Waals surface area contributed by atoms with E-state index in [9.17, 15) is 0 Å². The average molecular weight is 805 g/mol. The molecule has 2 heterocycles. The lowest BCUT2D eigenvalue weighted by molar-refractivity contribution is 0.670. The minimum atomic E-state index is -0.309. The van der Waals surface area contributed by atoms with Crippen LogP contribution in [0.5, 0.6) is 0 Å². The van der Waals surface area contributed by atoms with Crippen LogP contribution in [0.2, 0.25) is 0 Å². The lowest BCUT2D eigenvalue weighted by Gasteiger charge is -2.28. The summed E-state index contributed by atoms with van der Waals surface area (Å²) in [5.41, 5.74) is 19.3. The van der Waals surface area contributed by atoms with Gasteiger partial charge in [0.2, 0.25) is 0 Å². The van der Waals surface area contributed by atoms with Crippen LogP contribution < -0.4 is 0 Å². The molecule has 1 atom stereocenters. The molecule has 0 amide bonds. The normalized spacial score (nSPS) is 14.2. The molecular formula is C60H40N2O. The summed E-state index contributed by atoms with van der Waals surface area (Å²) in [6.07, 6.45) is 0. The minimum Gasteiger partial charge on any atom is -0.455 e. The Morgan fingerprint density at radius 3 is 1.67 bits per heavy atom. The summed E-state index contributed by atoms with van der Waals surface area (Å²) in [5.74, 6) is 0.679. The SMILES string of the molecule is CC1(c2ccccc2)c2ccccc2-c2c(-c3ccccc3-c3cc(-c4cc(-c5ccccc5)nc(-c5ccccc5)n4)cc(-c4cccc5c4oc4ccccc45)c3)cccc21. The molecule has 2 aromatic heterocycles. The number of nitrogens with zero attached hydrogens (tertiary/aromatic N) is 2. The Labute approximate surface area is 366 Å². The van der Waals surface area contributed by atoms with Crippen molar-refractivity contribution in [2.75, 3.05) is 0 Å². The van der Waals surface area contributed by atoms with Gasteiger partial charge in [0.1, 0.15) is 11.2 Å². The predicted molar refractivity (Wildman–Crippen MR) is 259 cm³/mol. The molecule has 0 saturated heterocycles. The van der Waals surface area contributed by atoms with Gasteiger partial charge in [0.25, 0.3) is 0 Å². The number of fused-ring (bicyclic) bond motifs is 6. The largest absolute Gasteiger partial charge is 0.455 e. The first-order chi connectivity index (χ1) is 31.1. The van der Waals surface area contributed by atoms with Gasteiger partial charge in [-0.05, 0) is 92.9 Å². The van der Waals surface area contributed by atoms with Gasteiger partial charge >= 0.3 is 0 Å². The van der Waals surface area contributed by atoms with E-state index in [1.165, 1.54) is 38.9 Å². The third-order valence-electron chi connectivity index (χ3n) is 13.0. The van der Waals surface area contributed by atoms with E-state index >= 15 is 0 Å². The van der Waals surface area contributed by atoms with Crippen LogP contribution in [0.15, 0.2) is 229 Å². The summed E-state index contributed by atoms with van der Waals surface area (Å²) in [7, 11) is 0. The highest BCUT2D eigenvalue weighted by Crippen LogP contribution is 2.56. The molecule has 63 heavy (non-hydrogen) atoms. The van der Waals surface area contributed by atoms with E-state index in [4.69, 9.17) is 14.4 Å². The first kappa shape index (κ1) is 36.7. The maximum Gasteiger partial charge on any atom is 0.160 e. The summed E-state index contributed by atoms with van der Waals surface area (Å²) in [5, 5.41) is 2.20.